The Morgan fingerprint density at radius 3 is 2.49 bits per heavy atom. The highest BCUT2D eigenvalue weighted by Crippen LogP contribution is 2.29. The summed E-state index contributed by atoms with van der Waals surface area (Å²) in [6, 6.07) is 9.58. The van der Waals surface area contributed by atoms with Crippen LogP contribution in [0.1, 0.15) is 16.8 Å². The predicted octanol–water partition coefficient (Wildman–Crippen LogP) is 4.69. The van der Waals surface area contributed by atoms with Gasteiger partial charge in [0.25, 0.3) is 0 Å². The highest BCUT2D eigenvalue weighted by atomic mass is 28.3. The molecule has 0 unspecified atom stereocenters. The summed E-state index contributed by atoms with van der Waals surface area (Å²) in [4.78, 5) is 25.9. The lowest BCUT2D eigenvalue weighted by Crippen LogP contribution is -2.31. The van der Waals surface area contributed by atoms with Crippen LogP contribution in [0.3, 0.4) is 0 Å². The third-order valence-corrected chi connectivity index (χ3v) is 8.00. The summed E-state index contributed by atoms with van der Waals surface area (Å²) >= 11 is 0. The fraction of sp³-hybridized carbons (Fsp3) is 0.429. The van der Waals surface area contributed by atoms with Crippen molar-refractivity contribution >= 4 is 29.9 Å². The zero-order valence-corrected chi connectivity index (χ0v) is 23.7. The van der Waals surface area contributed by atoms with Crippen LogP contribution in [-0.2, 0) is 17.8 Å². The second-order valence-corrected chi connectivity index (χ2v) is 16.7. The molecule has 198 valence electrons. The molecule has 0 aliphatic rings. The van der Waals surface area contributed by atoms with Crippen molar-refractivity contribution in [2.24, 2.45) is 0 Å². The molecule has 0 bridgehead atoms. The molecule has 0 saturated carbocycles. The predicted molar refractivity (Wildman–Crippen MR) is 150 cm³/mol. The van der Waals surface area contributed by atoms with Crippen LogP contribution in [0.2, 0.25) is 25.7 Å². The van der Waals surface area contributed by atoms with Crippen LogP contribution in [0.4, 0.5) is 4.39 Å². The quantitative estimate of drug-likeness (QED) is 0.210. The second-order valence-electron chi connectivity index (χ2n) is 11.1. The summed E-state index contributed by atoms with van der Waals surface area (Å²) in [6.45, 7) is 11.5. The molecule has 37 heavy (non-hydrogen) atoms. The lowest BCUT2D eigenvalue weighted by Gasteiger charge is -2.16. The maximum absolute atomic E-state index is 13.4. The van der Waals surface area contributed by atoms with Gasteiger partial charge in [-0.15, -0.1) is 4.73 Å². The minimum Gasteiger partial charge on any atom is -0.408 e. The van der Waals surface area contributed by atoms with Crippen LogP contribution in [0, 0.1) is 12.7 Å². The molecule has 1 aromatic carbocycles. The average molecular weight is 525 g/mol. The first-order valence-corrected chi connectivity index (χ1v) is 16.4. The third kappa shape index (κ3) is 6.47. The first-order valence-electron chi connectivity index (χ1n) is 12.7. The van der Waals surface area contributed by atoms with E-state index in [1.54, 1.807) is 18.3 Å². The minimum atomic E-state index is -1.14. The zero-order chi connectivity index (χ0) is 26.7. The van der Waals surface area contributed by atoms with Gasteiger partial charge in [-0.25, -0.2) is 9.37 Å². The number of fused-ring (bicyclic) bond motifs is 3. The summed E-state index contributed by atoms with van der Waals surface area (Å²) in [5.41, 5.74) is 3.82. The van der Waals surface area contributed by atoms with Crippen molar-refractivity contribution in [3.8, 4) is 0 Å². The number of nitrogens with zero attached hydrogens (tertiary/aromatic N) is 4. The Morgan fingerprint density at radius 1 is 1.08 bits per heavy atom. The molecule has 4 aromatic rings. The van der Waals surface area contributed by atoms with E-state index >= 15 is 0 Å². The second kappa shape index (κ2) is 11.2. The van der Waals surface area contributed by atoms with Gasteiger partial charge in [-0.2, -0.15) is 0 Å². The lowest BCUT2D eigenvalue weighted by molar-refractivity contribution is 0.0363. The maximum atomic E-state index is 13.4. The first kappa shape index (κ1) is 27.0. The Kier molecular flexibility index (Phi) is 8.16. The number of aryl methyl sites for hydroxylation is 1. The van der Waals surface area contributed by atoms with Crippen molar-refractivity contribution in [1.29, 1.82) is 0 Å². The number of hydrogen-bond donors (Lipinski definition) is 0. The molecule has 0 fully saturated rings. The number of rotatable bonds is 11. The summed E-state index contributed by atoms with van der Waals surface area (Å²) in [7, 11) is 2.90. The third-order valence-electron chi connectivity index (χ3n) is 6.30. The molecule has 0 radical (unpaired) electrons. The standard InChI is InChI=1S/C28H37FN4O3Si/c1-20-15-24-26-22(18-31(2)3)19-32(17-21-7-9-23(29)10-8-21)25(26)16-30-27(24)28(34)33(20)36-12-11-35-13-14-37(4,5)6/h7-10,15-16,19H,11-14,17-18H2,1-6H3. The molecule has 3 heterocycles. The van der Waals surface area contributed by atoms with Gasteiger partial charge in [-0.3, -0.25) is 4.79 Å². The number of pyridine rings is 2. The number of benzene rings is 1. The van der Waals surface area contributed by atoms with Crippen molar-refractivity contribution < 1.29 is 14.0 Å². The molecule has 0 N–H and O–H groups in total. The zero-order valence-electron chi connectivity index (χ0n) is 22.7. The average Bonchev–Trinajstić information content (AvgIpc) is 3.15. The van der Waals surface area contributed by atoms with Gasteiger partial charge in [0.05, 0.1) is 24.0 Å². The highest BCUT2D eigenvalue weighted by Gasteiger charge is 2.18. The summed E-state index contributed by atoms with van der Waals surface area (Å²) in [6.07, 6.45) is 3.85. The van der Waals surface area contributed by atoms with Gasteiger partial charge in [0, 0.05) is 44.7 Å². The van der Waals surface area contributed by atoms with Gasteiger partial charge >= 0.3 is 5.56 Å². The molecule has 9 heteroatoms. The number of hydrogen-bond acceptors (Lipinski definition) is 5. The van der Waals surface area contributed by atoms with Crippen molar-refractivity contribution in [2.75, 3.05) is 33.9 Å². The van der Waals surface area contributed by atoms with Crippen molar-refractivity contribution in [3.05, 3.63) is 75.7 Å². The van der Waals surface area contributed by atoms with E-state index in [-0.39, 0.29) is 11.4 Å². The number of halogens is 1. The van der Waals surface area contributed by atoms with E-state index in [9.17, 15) is 9.18 Å². The Bertz CT molecular complexity index is 1440. The van der Waals surface area contributed by atoms with Crippen molar-refractivity contribution in [3.63, 3.8) is 0 Å². The fourth-order valence-electron chi connectivity index (χ4n) is 4.43. The largest absolute Gasteiger partial charge is 0.408 e. The Morgan fingerprint density at radius 2 is 1.81 bits per heavy atom. The van der Waals surface area contributed by atoms with E-state index in [2.05, 4.69) is 40.3 Å². The fourth-order valence-corrected chi connectivity index (χ4v) is 5.19. The molecule has 7 nitrogen and oxygen atoms in total. The van der Waals surface area contributed by atoms with Gasteiger partial charge in [0.15, 0.2) is 0 Å². The Labute approximate surface area is 218 Å². The van der Waals surface area contributed by atoms with Gasteiger partial charge in [-0.1, -0.05) is 31.8 Å². The maximum Gasteiger partial charge on any atom is 0.309 e. The molecule has 0 aliphatic heterocycles. The first-order chi connectivity index (χ1) is 17.5. The van der Waals surface area contributed by atoms with Gasteiger partial charge in [-0.05, 0) is 56.4 Å². The Balaban J connectivity index is 1.66. The number of ether oxygens (including phenoxy) is 1. The molecule has 0 saturated heterocycles. The topological polar surface area (TPSA) is 61.5 Å². The molecule has 4 rings (SSSR count). The molecular formula is C28H37FN4O3Si. The molecule has 0 aliphatic carbocycles. The van der Waals surface area contributed by atoms with Crippen LogP contribution in [0.25, 0.3) is 21.8 Å². The van der Waals surface area contributed by atoms with Gasteiger partial charge in [0.2, 0.25) is 0 Å². The van der Waals surface area contributed by atoms with Crippen LogP contribution >= 0.6 is 0 Å². The van der Waals surface area contributed by atoms with E-state index in [4.69, 9.17) is 9.57 Å². The van der Waals surface area contributed by atoms with Crippen LogP contribution in [0.5, 0.6) is 0 Å². The minimum absolute atomic E-state index is 0.255. The van der Waals surface area contributed by atoms with E-state index in [0.717, 1.165) is 33.5 Å². The van der Waals surface area contributed by atoms with Crippen LogP contribution in [0.15, 0.2) is 47.5 Å². The molecule has 0 amide bonds. The molecule has 3 aromatic heterocycles. The SMILES string of the molecule is Cc1cc2c(ncc3c2c(CN(C)C)cn3Cc2ccc(F)cc2)c(=O)n1OCCOCC[Si](C)(C)C. The van der Waals surface area contributed by atoms with E-state index in [1.165, 1.54) is 16.9 Å². The molecule has 0 spiro atoms. The van der Waals surface area contributed by atoms with Crippen LogP contribution < -0.4 is 10.4 Å². The highest BCUT2D eigenvalue weighted by molar-refractivity contribution is 6.76. The monoisotopic (exact) mass is 524 g/mol. The van der Waals surface area contributed by atoms with Crippen molar-refractivity contribution in [1.82, 2.24) is 19.2 Å². The summed E-state index contributed by atoms with van der Waals surface area (Å²) in [5.74, 6) is -0.255. The van der Waals surface area contributed by atoms with E-state index < -0.39 is 8.07 Å². The lowest BCUT2D eigenvalue weighted by atomic mass is 10.1. The van der Waals surface area contributed by atoms with Gasteiger partial charge in [0.1, 0.15) is 17.9 Å². The van der Waals surface area contributed by atoms with E-state index in [0.29, 0.717) is 44.1 Å². The smallest absolute Gasteiger partial charge is 0.309 e. The van der Waals surface area contributed by atoms with E-state index in [1.807, 2.05) is 27.1 Å². The number of aromatic nitrogens is 3. The summed E-state index contributed by atoms with van der Waals surface area (Å²) in [5, 5.41) is 1.81. The molecular weight excluding hydrogens is 487 g/mol. The summed E-state index contributed by atoms with van der Waals surface area (Å²) < 4.78 is 22.6. The molecule has 0 atom stereocenters. The Hall–Kier alpha value is -3.01. The normalized spacial score (nSPS) is 12.2. The van der Waals surface area contributed by atoms with Crippen LogP contribution in [-0.4, -0.2) is 61.2 Å². The van der Waals surface area contributed by atoms with Gasteiger partial charge < -0.3 is 19.0 Å². The van der Waals surface area contributed by atoms with Crippen molar-refractivity contribution in [2.45, 2.75) is 45.7 Å².